The SMILES string of the molecule is CC(F)(F)[C@@]1(C#CC2CC2)NC(=O)Nc2cc(CCl)ccc21. The minimum Gasteiger partial charge on any atom is -0.312 e. The second kappa shape index (κ2) is 5.13. The molecule has 0 radical (unpaired) electrons. The van der Waals surface area contributed by atoms with Gasteiger partial charge in [0.2, 0.25) is 0 Å². The fourth-order valence-corrected chi connectivity index (χ4v) is 2.65. The van der Waals surface area contributed by atoms with Crippen LogP contribution in [0.25, 0.3) is 0 Å². The number of carbonyl (C=O) groups is 1. The van der Waals surface area contributed by atoms with Crippen LogP contribution in [0.15, 0.2) is 18.2 Å². The zero-order chi connectivity index (χ0) is 16.0. The second-order valence-corrected chi connectivity index (χ2v) is 6.04. The molecule has 1 aromatic carbocycles. The molecule has 6 heteroatoms. The molecule has 0 aromatic heterocycles. The molecule has 0 unspecified atom stereocenters. The van der Waals surface area contributed by atoms with Crippen molar-refractivity contribution >= 4 is 23.3 Å². The van der Waals surface area contributed by atoms with E-state index in [0.29, 0.717) is 5.69 Å². The summed E-state index contributed by atoms with van der Waals surface area (Å²) in [6.45, 7) is 0.777. The van der Waals surface area contributed by atoms with E-state index in [-0.39, 0.29) is 17.4 Å². The number of amides is 2. The summed E-state index contributed by atoms with van der Waals surface area (Å²) < 4.78 is 28.8. The molecule has 1 heterocycles. The molecular formula is C16H15ClF2N2O. The highest BCUT2D eigenvalue weighted by molar-refractivity contribution is 6.17. The van der Waals surface area contributed by atoms with Gasteiger partial charge in [0, 0.05) is 30.0 Å². The molecule has 1 saturated carbocycles. The van der Waals surface area contributed by atoms with E-state index in [0.717, 1.165) is 25.3 Å². The minimum atomic E-state index is -3.23. The highest BCUT2D eigenvalue weighted by Gasteiger charge is 2.55. The van der Waals surface area contributed by atoms with Gasteiger partial charge in [-0.2, -0.15) is 0 Å². The van der Waals surface area contributed by atoms with E-state index >= 15 is 0 Å². The van der Waals surface area contributed by atoms with Crippen LogP contribution < -0.4 is 10.6 Å². The van der Waals surface area contributed by atoms with Crippen molar-refractivity contribution in [1.29, 1.82) is 0 Å². The molecule has 1 fully saturated rings. The summed E-state index contributed by atoms with van der Waals surface area (Å²) >= 11 is 5.77. The zero-order valence-corrected chi connectivity index (χ0v) is 12.7. The number of urea groups is 1. The number of fused-ring (bicyclic) bond motifs is 1. The molecule has 116 valence electrons. The van der Waals surface area contributed by atoms with Crippen molar-refractivity contribution in [1.82, 2.24) is 5.32 Å². The van der Waals surface area contributed by atoms with Gasteiger partial charge in [0.15, 0.2) is 5.54 Å². The third-order valence-corrected chi connectivity index (χ3v) is 4.20. The molecule has 1 atom stereocenters. The van der Waals surface area contributed by atoms with Crippen LogP contribution in [0.1, 0.15) is 30.9 Å². The third kappa shape index (κ3) is 2.52. The quantitative estimate of drug-likeness (QED) is 0.630. The topological polar surface area (TPSA) is 41.1 Å². The Bertz CT molecular complexity index is 686. The minimum absolute atomic E-state index is 0.150. The first kappa shape index (κ1) is 15.1. The summed E-state index contributed by atoms with van der Waals surface area (Å²) in [6.07, 6.45) is 1.84. The molecule has 3 nitrogen and oxygen atoms in total. The number of halogens is 3. The third-order valence-electron chi connectivity index (χ3n) is 3.89. The summed E-state index contributed by atoms with van der Waals surface area (Å²) in [7, 11) is 0. The van der Waals surface area contributed by atoms with Crippen LogP contribution in [-0.2, 0) is 11.4 Å². The average molecular weight is 325 g/mol. The molecule has 2 amide bonds. The highest BCUT2D eigenvalue weighted by Crippen LogP contribution is 2.43. The van der Waals surface area contributed by atoms with E-state index in [1.807, 2.05) is 0 Å². The van der Waals surface area contributed by atoms with Crippen molar-refractivity contribution < 1.29 is 13.6 Å². The van der Waals surface area contributed by atoms with Gasteiger partial charge in [0.25, 0.3) is 5.92 Å². The lowest BCUT2D eigenvalue weighted by Crippen LogP contribution is -2.59. The number of hydrogen-bond donors (Lipinski definition) is 2. The zero-order valence-electron chi connectivity index (χ0n) is 12.0. The summed E-state index contributed by atoms with van der Waals surface area (Å²) in [5.74, 6) is 2.67. The monoisotopic (exact) mass is 324 g/mol. The number of hydrogen-bond acceptors (Lipinski definition) is 1. The average Bonchev–Trinajstić information content (AvgIpc) is 3.26. The van der Waals surface area contributed by atoms with E-state index in [2.05, 4.69) is 22.5 Å². The van der Waals surface area contributed by atoms with Crippen molar-refractivity contribution in [3.63, 3.8) is 0 Å². The van der Waals surface area contributed by atoms with Gasteiger partial charge in [-0.05, 0) is 24.5 Å². The van der Waals surface area contributed by atoms with E-state index in [4.69, 9.17) is 11.6 Å². The van der Waals surface area contributed by atoms with Gasteiger partial charge in [-0.3, -0.25) is 0 Å². The molecule has 0 saturated heterocycles. The molecule has 0 spiro atoms. The first-order chi connectivity index (χ1) is 10.4. The summed E-state index contributed by atoms with van der Waals surface area (Å²) in [6, 6.07) is 4.15. The van der Waals surface area contributed by atoms with Crippen molar-refractivity contribution in [2.45, 2.75) is 37.1 Å². The lowest BCUT2D eigenvalue weighted by atomic mass is 9.81. The Morgan fingerprint density at radius 3 is 2.77 bits per heavy atom. The van der Waals surface area contributed by atoms with Crippen molar-refractivity contribution in [3.05, 3.63) is 29.3 Å². The molecule has 22 heavy (non-hydrogen) atoms. The maximum atomic E-state index is 14.4. The summed E-state index contributed by atoms with van der Waals surface area (Å²) in [5.41, 5.74) is -0.681. The van der Waals surface area contributed by atoms with Crippen LogP contribution in [0.5, 0.6) is 0 Å². The first-order valence-corrected chi connectivity index (χ1v) is 7.58. The van der Waals surface area contributed by atoms with Gasteiger partial charge < -0.3 is 10.6 Å². The normalized spacial score (nSPS) is 23.7. The predicted molar refractivity (Wildman–Crippen MR) is 81.0 cm³/mol. The molecule has 2 aliphatic rings. The van der Waals surface area contributed by atoms with Crippen LogP contribution >= 0.6 is 11.6 Å². The van der Waals surface area contributed by atoms with Crippen molar-refractivity contribution in [2.75, 3.05) is 5.32 Å². The summed E-state index contributed by atoms with van der Waals surface area (Å²) in [4.78, 5) is 11.9. The Balaban J connectivity index is 2.18. The molecule has 1 aliphatic heterocycles. The van der Waals surface area contributed by atoms with Crippen LogP contribution in [0.4, 0.5) is 19.3 Å². The van der Waals surface area contributed by atoms with Crippen molar-refractivity contribution in [3.8, 4) is 11.8 Å². The van der Waals surface area contributed by atoms with Crippen LogP contribution in [0, 0.1) is 17.8 Å². The van der Waals surface area contributed by atoms with Gasteiger partial charge >= 0.3 is 6.03 Å². The number of nitrogens with one attached hydrogen (secondary N) is 2. The Labute approximate surface area is 132 Å². The number of alkyl halides is 3. The van der Waals surface area contributed by atoms with Gasteiger partial charge in [0.05, 0.1) is 0 Å². The molecule has 2 N–H and O–H groups in total. The van der Waals surface area contributed by atoms with Gasteiger partial charge in [0.1, 0.15) is 0 Å². The molecule has 0 bridgehead atoms. The highest BCUT2D eigenvalue weighted by atomic mass is 35.5. The van der Waals surface area contributed by atoms with E-state index in [9.17, 15) is 13.6 Å². The van der Waals surface area contributed by atoms with Gasteiger partial charge in [-0.25, -0.2) is 13.6 Å². The number of rotatable bonds is 2. The molecule has 1 aliphatic carbocycles. The fourth-order valence-electron chi connectivity index (χ4n) is 2.49. The van der Waals surface area contributed by atoms with Gasteiger partial charge in [-0.1, -0.05) is 24.0 Å². The Morgan fingerprint density at radius 2 is 2.18 bits per heavy atom. The Kier molecular flexibility index (Phi) is 3.53. The Morgan fingerprint density at radius 1 is 1.45 bits per heavy atom. The predicted octanol–water partition coefficient (Wildman–Crippen LogP) is 3.82. The second-order valence-electron chi connectivity index (χ2n) is 5.77. The Hall–Kier alpha value is -1.80. The van der Waals surface area contributed by atoms with E-state index in [1.54, 1.807) is 18.2 Å². The fraction of sp³-hybridized carbons (Fsp3) is 0.438. The molecular weight excluding hydrogens is 310 g/mol. The lowest BCUT2D eigenvalue weighted by molar-refractivity contribution is -0.0464. The summed E-state index contributed by atoms with van der Waals surface area (Å²) in [5, 5.41) is 4.89. The van der Waals surface area contributed by atoms with E-state index < -0.39 is 17.5 Å². The lowest BCUT2D eigenvalue weighted by Gasteiger charge is -2.39. The van der Waals surface area contributed by atoms with Crippen LogP contribution in [0.3, 0.4) is 0 Å². The maximum Gasteiger partial charge on any atom is 0.320 e. The van der Waals surface area contributed by atoms with Crippen LogP contribution in [-0.4, -0.2) is 12.0 Å². The van der Waals surface area contributed by atoms with E-state index in [1.165, 1.54) is 0 Å². The number of carbonyl (C=O) groups excluding carboxylic acids is 1. The smallest absolute Gasteiger partial charge is 0.312 e. The first-order valence-electron chi connectivity index (χ1n) is 7.05. The largest absolute Gasteiger partial charge is 0.320 e. The van der Waals surface area contributed by atoms with Gasteiger partial charge in [-0.15, -0.1) is 11.6 Å². The van der Waals surface area contributed by atoms with Crippen molar-refractivity contribution in [2.24, 2.45) is 5.92 Å². The molecule has 1 aromatic rings. The number of anilines is 1. The number of benzene rings is 1. The standard InChI is InChI=1S/C16H15ClF2N2O/c1-15(18,19)16(7-6-10-2-3-10)12-5-4-11(9-17)8-13(12)20-14(22)21-16/h4-5,8,10H,2-3,9H2,1H3,(H2,20,21,22)/t16-/m0/s1. The maximum absolute atomic E-state index is 14.4. The molecule has 3 rings (SSSR count). The van der Waals surface area contributed by atoms with Crippen LogP contribution in [0.2, 0.25) is 0 Å².